The third-order valence-corrected chi connectivity index (χ3v) is 3.00. The van der Waals surface area contributed by atoms with E-state index in [0.29, 0.717) is 11.3 Å². The van der Waals surface area contributed by atoms with Gasteiger partial charge >= 0.3 is 0 Å². The lowest BCUT2D eigenvalue weighted by Gasteiger charge is -2.02. The Morgan fingerprint density at radius 2 is 1.75 bits per heavy atom. The third-order valence-electron chi connectivity index (χ3n) is 3.00. The smallest absolute Gasteiger partial charge is 0.166 e. The van der Waals surface area contributed by atoms with Gasteiger partial charge in [-0.15, -0.1) is 0 Å². The summed E-state index contributed by atoms with van der Waals surface area (Å²) in [7, 11) is 0. The summed E-state index contributed by atoms with van der Waals surface area (Å²) >= 11 is 0. The zero-order valence-corrected chi connectivity index (χ0v) is 10.6. The van der Waals surface area contributed by atoms with Crippen LogP contribution in [0.5, 0.6) is 11.5 Å². The second-order valence-electron chi connectivity index (χ2n) is 4.33. The molecule has 0 fully saturated rings. The molecule has 0 radical (unpaired) electrons. The van der Waals surface area contributed by atoms with Gasteiger partial charge in [0, 0.05) is 23.4 Å². The van der Waals surface area contributed by atoms with Gasteiger partial charge in [-0.2, -0.15) is 0 Å². The molecule has 0 aliphatic rings. The van der Waals surface area contributed by atoms with Gasteiger partial charge in [-0.05, 0) is 24.3 Å². The Kier molecular flexibility index (Phi) is 3.05. The molecule has 1 aromatic heterocycles. The lowest BCUT2D eigenvalue weighted by atomic mass is 10.2. The average molecular weight is 264 g/mol. The fourth-order valence-electron chi connectivity index (χ4n) is 1.98. The van der Waals surface area contributed by atoms with Crippen LogP contribution in [0.4, 0.5) is 5.69 Å². The fraction of sp³-hybridized carbons (Fsp3) is 0. The van der Waals surface area contributed by atoms with E-state index in [2.05, 4.69) is 9.98 Å². The van der Waals surface area contributed by atoms with Crippen LogP contribution in [0.2, 0.25) is 0 Å². The van der Waals surface area contributed by atoms with Crippen LogP contribution < -0.4 is 0 Å². The molecule has 4 nitrogen and oxygen atoms in total. The molecule has 0 saturated carbocycles. The normalized spacial score (nSPS) is 11.2. The Morgan fingerprint density at radius 1 is 0.950 bits per heavy atom. The summed E-state index contributed by atoms with van der Waals surface area (Å²) in [5.41, 5.74) is 1.97. The van der Waals surface area contributed by atoms with Crippen molar-refractivity contribution in [3.8, 4) is 11.5 Å². The van der Waals surface area contributed by atoms with Gasteiger partial charge in [-0.3, -0.25) is 9.98 Å². The van der Waals surface area contributed by atoms with Gasteiger partial charge in [-0.1, -0.05) is 24.3 Å². The van der Waals surface area contributed by atoms with Gasteiger partial charge in [-0.25, -0.2) is 0 Å². The van der Waals surface area contributed by atoms with Crippen molar-refractivity contribution in [3.63, 3.8) is 0 Å². The van der Waals surface area contributed by atoms with Crippen LogP contribution in [-0.4, -0.2) is 21.4 Å². The van der Waals surface area contributed by atoms with Crippen molar-refractivity contribution in [2.75, 3.05) is 0 Å². The second kappa shape index (κ2) is 5.01. The lowest BCUT2D eigenvalue weighted by Crippen LogP contribution is -1.83. The number of hydrogen-bond donors (Lipinski definition) is 2. The quantitative estimate of drug-likeness (QED) is 0.550. The number of fused-ring (bicyclic) bond motifs is 1. The molecule has 0 atom stereocenters. The standard InChI is InChI=1S/C16H12N2O2/c19-14-8-2-5-12(16(14)20)10-18-13-7-1-4-11-6-3-9-17-15(11)13/h1-10,19-20H. The molecule has 1 heterocycles. The van der Waals surface area contributed by atoms with Gasteiger partial charge in [0.15, 0.2) is 11.5 Å². The molecule has 0 amide bonds. The summed E-state index contributed by atoms with van der Waals surface area (Å²) in [5.74, 6) is -0.338. The first kappa shape index (κ1) is 12.2. The largest absolute Gasteiger partial charge is 0.504 e. The van der Waals surface area contributed by atoms with Crippen molar-refractivity contribution < 1.29 is 10.2 Å². The summed E-state index contributed by atoms with van der Waals surface area (Å²) in [6.07, 6.45) is 3.23. The first-order valence-corrected chi connectivity index (χ1v) is 6.14. The SMILES string of the molecule is Oc1cccc(C=Nc2cccc3cccnc23)c1O. The van der Waals surface area contributed by atoms with Crippen molar-refractivity contribution in [3.05, 3.63) is 60.3 Å². The van der Waals surface area contributed by atoms with E-state index < -0.39 is 0 Å². The maximum absolute atomic E-state index is 9.73. The summed E-state index contributed by atoms with van der Waals surface area (Å²) in [5, 5.41) is 20.2. The van der Waals surface area contributed by atoms with Gasteiger partial charge < -0.3 is 10.2 Å². The fourth-order valence-corrected chi connectivity index (χ4v) is 1.98. The molecule has 2 aromatic carbocycles. The number of phenolic OH excluding ortho intramolecular Hbond substituents is 2. The van der Waals surface area contributed by atoms with E-state index in [0.717, 1.165) is 10.9 Å². The first-order chi connectivity index (χ1) is 9.75. The van der Waals surface area contributed by atoms with E-state index in [9.17, 15) is 10.2 Å². The molecule has 0 spiro atoms. The van der Waals surface area contributed by atoms with Crippen LogP contribution in [0.3, 0.4) is 0 Å². The van der Waals surface area contributed by atoms with Crippen LogP contribution in [0.25, 0.3) is 10.9 Å². The Hall–Kier alpha value is -2.88. The van der Waals surface area contributed by atoms with Gasteiger partial charge in [0.05, 0.1) is 11.2 Å². The minimum atomic E-state index is -0.176. The molecule has 0 saturated heterocycles. The van der Waals surface area contributed by atoms with E-state index in [-0.39, 0.29) is 11.5 Å². The molecule has 98 valence electrons. The molecular weight excluding hydrogens is 252 g/mol. The molecule has 3 rings (SSSR count). The van der Waals surface area contributed by atoms with Gasteiger partial charge in [0.25, 0.3) is 0 Å². The predicted molar refractivity (Wildman–Crippen MR) is 78.8 cm³/mol. The van der Waals surface area contributed by atoms with E-state index >= 15 is 0 Å². The number of aromatic hydroxyl groups is 2. The zero-order valence-electron chi connectivity index (χ0n) is 10.6. The number of rotatable bonds is 2. The monoisotopic (exact) mass is 264 g/mol. The average Bonchev–Trinajstić information content (AvgIpc) is 2.49. The highest BCUT2D eigenvalue weighted by atomic mass is 16.3. The maximum Gasteiger partial charge on any atom is 0.166 e. The third kappa shape index (κ3) is 2.19. The van der Waals surface area contributed by atoms with Crippen LogP contribution in [0.1, 0.15) is 5.56 Å². The minimum absolute atomic E-state index is 0.162. The molecule has 0 aliphatic heterocycles. The van der Waals surface area contributed by atoms with E-state index in [4.69, 9.17) is 0 Å². The number of hydrogen-bond acceptors (Lipinski definition) is 4. The summed E-state index contributed by atoms with van der Waals surface area (Å²) in [6.45, 7) is 0. The number of aromatic nitrogens is 1. The summed E-state index contributed by atoms with van der Waals surface area (Å²) in [4.78, 5) is 8.66. The van der Waals surface area contributed by atoms with E-state index in [1.54, 1.807) is 18.3 Å². The van der Waals surface area contributed by atoms with Crippen LogP contribution in [-0.2, 0) is 0 Å². The van der Waals surface area contributed by atoms with E-state index in [1.807, 2.05) is 30.3 Å². The molecule has 0 aliphatic carbocycles. The van der Waals surface area contributed by atoms with Crippen LogP contribution >= 0.6 is 0 Å². The van der Waals surface area contributed by atoms with Gasteiger partial charge in [0.2, 0.25) is 0 Å². The molecule has 0 unspecified atom stereocenters. The minimum Gasteiger partial charge on any atom is -0.504 e. The second-order valence-corrected chi connectivity index (χ2v) is 4.33. The number of para-hydroxylation sites is 2. The summed E-state index contributed by atoms with van der Waals surface area (Å²) in [6, 6.07) is 14.3. The zero-order chi connectivity index (χ0) is 13.9. The highest BCUT2D eigenvalue weighted by molar-refractivity contribution is 5.93. The molecule has 3 aromatic rings. The predicted octanol–water partition coefficient (Wildman–Crippen LogP) is 3.40. The lowest BCUT2D eigenvalue weighted by molar-refractivity contribution is 0.403. The molecule has 0 bridgehead atoms. The van der Waals surface area contributed by atoms with E-state index in [1.165, 1.54) is 12.3 Å². The first-order valence-electron chi connectivity index (χ1n) is 6.14. The Bertz CT molecular complexity index is 792. The Labute approximate surface area is 115 Å². The van der Waals surface area contributed by atoms with Crippen molar-refractivity contribution >= 4 is 22.8 Å². The molecular formula is C16H12N2O2. The van der Waals surface area contributed by atoms with Crippen molar-refractivity contribution in [1.29, 1.82) is 0 Å². The molecule has 20 heavy (non-hydrogen) atoms. The summed E-state index contributed by atoms with van der Waals surface area (Å²) < 4.78 is 0. The number of nitrogens with zero attached hydrogens (tertiary/aromatic N) is 2. The topological polar surface area (TPSA) is 65.7 Å². The van der Waals surface area contributed by atoms with Crippen molar-refractivity contribution in [1.82, 2.24) is 4.98 Å². The van der Waals surface area contributed by atoms with Crippen LogP contribution in [0, 0.1) is 0 Å². The van der Waals surface area contributed by atoms with Crippen LogP contribution in [0.15, 0.2) is 59.7 Å². The molecule has 4 heteroatoms. The Morgan fingerprint density at radius 3 is 2.65 bits per heavy atom. The van der Waals surface area contributed by atoms with Crippen molar-refractivity contribution in [2.24, 2.45) is 4.99 Å². The highest BCUT2D eigenvalue weighted by Gasteiger charge is 2.04. The number of aliphatic imine (C=N–C) groups is 1. The number of benzene rings is 2. The number of phenols is 2. The van der Waals surface area contributed by atoms with Crippen molar-refractivity contribution in [2.45, 2.75) is 0 Å². The maximum atomic E-state index is 9.73. The Balaban J connectivity index is 2.05. The molecule has 2 N–H and O–H groups in total. The highest BCUT2D eigenvalue weighted by Crippen LogP contribution is 2.28. The number of pyridine rings is 1. The van der Waals surface area contributed by atoms with Gasteiger partial charge in [0.1, 0.15) is 0 Å².